The highest BCUT2D eigenvalue weighted by molar-refractivity contribution is 5.14. The molecular formula is C13H19NO. The van der Waals surface area contributed by atoms with Crippen LogP contribution in [0.1, 0.15) is 24.8 Å². The van der Waals surface area contributed by atoms with Crippen LogP contribution in [0.25, 0.3) is 0 Å². The minimum absolute atomic E-state index is 0.0757. The molecule has 0 saturated heterocycles. The van der Waals surface area contributed by atoms with Gasteiger partial charge in [0.2, 0.25) is 0 Å². The minimum atomic E-state index is -0.0757. The molecule has 1 aliphatic rings. The van der Waals surface area contributed by atoms with Crippen molar-refractivity contribution in [1.29, 1.82) is 0 Å². The Bertz CT molecular complexity index is 286. The molecule has 0 aromatic heterocycles. The van der Waals surface area contributed by atoms with Crippen molar-refractivity contribution in [2.24, 2.45) is 5.92 Å². The predicted octanol–water partition coefficient (Wildman–Crippen LogP) is 1.94. The first-order valence-electron chi connectivity index (χ1n) is 5.79. The number of rotatable bonds is 4. The third-order valence-corrected chi connectivity index (χ3v) is 3.20. The van der Waals surface area contributed by atoms with Crippen LogP contribution in [-0.4, -0.2) is 17.8 Å². The first-order valence-corrected chi connectivity index (χ1v) is 5.79. The van der Waals surface area contributed by atoms with Gasteiger partial charge in [0.05, 0.1) is 6.10 Å². The van der Waals surface area contributed by atoms with Crippen molar-refractivity contribution in [3.63, 3.8) is 0 Å². The number of aliphatic hydroxyl groups is 1. The molecule has 2 atom stereocenters. The highest BCUT2D eigenvalue weighted by Gasteiger charge is 2.24. The van der Waals surface area contributed by atoms with Crippen molar-refractivity contribution >= 4 is 0 Å². The molecule has 1 fully saturated rings. The van der Waals surface area contributed by atoms with Crippen LogP contribution in [-0.2, 0) is 6.54 Å². The van der Waals surface area contributed by atoms with Crippen LogP contribution in [0.15, 0.2) is 30.3 Å². The highest BCUT2D eigenvalue weighted by atomic mass is 16.3. The summed E-state index contributed by atoms with van der Waals surface area (Å²) in [6, 6.07) is 10.4. The summed E-state index contributed by atoms with van der Waals surface area (Å²) in [5, 5.41) is 13.1. The molecule has 2 rings (SSSR count). The van der Waals surface area contributed by atoms with E-state index in [1.165, 1.54) is 18.4 Å². The zero-order valence-corrected chi connectivity index (χ0v) is 9.02. The molecule has 0 unspecified atom stereocenters. The lowest BCUT2D eigenvalue weighted by molar-refractivity contribution is 0.131. The molecule has 1 aromatic carbocycles. The smallest absolute Gasteiger partial charge is 0.0580 e. The number of nitrogens with one attached hydrogen (secondary N) is 1. The third kappa shape index (κ3) is 3.05. The lowest BCUT2D eigenvalue weighted by Crippen LogP contribution is -2.27. The van der Waals surface area contributed by atoms with E-state index in [2.05, 4.69) is 29.6 Å². The van der Waals surface area contributed by atoms with E-state index in [9.17, 15) is 5.11 Å². The Morgan fingerprint density at radius 1 is 1.20 bits per heavy atom. The van der Waals surface area contributed by atoms with Gasteiger partial charge in [-0.3, -0.25) is 0 Å². The van der Waals surface area contributed by atoms with Crippen molar-refractivity contribution in [3.8, 4) is 0 Å². The van der Waals surface area contributed by atoms with Gasteiger partial charge in [0.25, 0.3) is 0 Å². The Morgan fingerprint density at radius 2 is 2.00 bits per heavy atom. The summed E-state index contributed by atoms with van der Waals surface area (Å²) in [5.41, 5.74) is 1.31. The molecule has 0 heterocycles. The number of hydrogen-bond acceptors (Lipinski definition) is 2. The maximum absolute atomic E-state index is 9.65. The van der Waals surface area contributed by atoms with E-state index in [1.54, 1.807) is 0 Å². The normalized spacial score (nSPS) is 25.7. The van der Waals surface area contributed by atoms with E-state index in [1.807, 2.05) is 6.07 Å². The van der Waals surface area contributed by atoms with Crippen molar-refractivity contribution < 1.29 is 5.11 Å². The Labute approximate surface area is 91.3 Å². The SMILES string of the molecule is O[C@@H]1CCC[C@@H]1CNCc1ccccc1. The van der Waals surface area contributed by atoms with E-state index in [0.717, 1.165) is 19.5 Å². The Morgan fingerprint density at radius 3 is 2.67 bits per heavy atom. The second-order valence-corrected chi connectivity index (χ2v) is 4.37. The lowest BCUT2D eigenvalue weighted by atomic mass is 10.1. The fraction of sp³-hybridized carbons (Fsp3) is 0.538. The van der Waals surface area contributed by atoms with E-state index in [0.29, 0.717) is 5.92 Å². The fourth-order valence-electron chi connectivity index (χ4n) is 2.25. The van der Waals surface area contributed by atoms with Gasteiger partial charge in [-0.2, -0.15) is 0 Å². The molecule has 0 aliphatic heterocycles. The monoisotopic (exact) mass is 205 g/mol. The molecule has 1 aromatic rings. The van der Waals surface area contributed by atoms with E-state index < -0.39 is 0 Å². The first-order chi connectivity index (χ1) is 7.36. The average Bonchev–Trinajstić information content (AvgIpc) is 2.66. The largest absolute Gasteiger partial charge is 0.393 e. The summed E-state index contributed by atoms with van der Waals surface area (Å²) in [6.07, 6.45) is 3.26. The zero-order valence-electron chi connectivity index (χ0n) is 9.02. The van der Waals surface area contributed by atoms with Crippen LogP contribution in [0.4, 0.5) is 0 Å². The molecule has 2 N–H and O–H groups in total. The minimum Gasteiger partial charge on any atom is -0.393 e. The molecule has 82 valence electrons. The van der Waals surface area contributed by atoms with Crippen LogP contribution in [0.5, 0.6) is 0 Å². The van der Waals surface area contributed by atoms with Crippen molar-refractivity contribution in [2.75, 3.05) is 6.54 Å². The van der Waals surface area contributed by atoms with Gasteiger partial charge in [0, 0.05) is 13.1 Å². The fourth-order valence-corrected chi connectivity index (χ4v) is 2.25. The van der Waals surface area contributed by atoms with Crippen LogP contribution >= 0.6 is 0 Å². The van der Waals surface area contributed by atoms with Gasteiger partial charge < -0.3 is 10.4 Å². The summed E-state index contributed by atoms with van der Waals surface area (Å²) in [6.45, 7) is 1.85. The summed E-state index contributed by atoms with van der Waals surface area (Å²) >= 11 is 0. The van der Waals surface area contributed by atoms with Gasteiger partial charge in [-0.1, -0.05) is 36.8 Å². The summed E-state index contributed by atoms with van der Waals surface area (Å²) < 4.78 is 0. The molecule has 0 spiro atoms. The van der Waals surface area contributed by atoms with Crippen LogP contribution in [0.2, 0.25) is 0 Å². The number of benzene rings is 1. The third-order valence-electron chi connectivity index (χ3n) is 3.20. The molecule has 1 aliphatic carbocycles. The van der Waals surface area contributed by atoms with Crippen LogP contribution in [0.3, 0.4) is 0 Å². The van der Waals surface area contributed by atoms with Crippen molar-refractivity contribution in [1.82, 2.24) is 5.32 Å². The van der Waals surface area contributed by atoms with Crippen molar-refractivity contribution in [2.45, 2.75) is 31.9 Å². The maximum Gasteiger partial charge on any atom is 0.0580 e. The topological polar surface area (TPSA) is 32.3 Å². The number of hydrogen-bond donors (Lipinski definition) is 2. The molecule has 1 saturated carbocycles. The quantitative estimate of drug-likeness (QED) is 0.787. The summed E-state index contributed by atoms with van der Waals surface area (Å²) in [5.74, 6) is 0.466. The Kier molecular flexibility index (Phi) is 3.75. The molecule has 2 heteroatoms. The highest BCUT2D eigenvalue weighted by Crippen LogP contribution is 2.24. The van der Waals surface area contributed by atoms with Crippen molar-refractivity contribution in [3.05, 3.63) is 35.9 Å². The maximum atomic E-state index is 9.65. The second kappa shape index (κ2) is 5.29. The van der Waals surface area contributed by atoms with Gasteiger partial charge in [0.15, 0.2) is 0 Å². The molecule has 0 amide bonds. The van der Waals surface area contributed by atoms with Crippen LogP contribution in [0, 0.1) is 5.92 Å². The summed E-state index contributed by atoms with van der Waals surface area (Å²) in [7, 11) is 0. The van der Waals surface area contributed by atoms with Crippen LogP contribution < -0.4 is 5.32 Å². The van der Waals surface area contributed by atoms with E-state index in [-0.39, 0.29) is 6.10 Å². The average molecular weight is 205 g/mol. The first kappa shape index (κ1) is 10.7. The van der Waals surface area contributed by atoms with Gasteiger partial charge >= 0.3 is 0 Å². The summed E-state index contributed by atoms with van der Waals surface area (Å²) in [4.78, 5) is 0. The Balaban J connectivity index is 1.71. The van der Waals surface area contributed by atoms with Gasteiger partial charge in [-0.05, 0) is 24.3 Å². The molecule has 0 bridgehead atoms. The molecule has 0 radical (unpaired) electrons. The molecular weight excluding hydrogens is 186 g/mol. The van der Waals surface area contributed by atoms with Gasteiger partial charge in [-0.25, -0.2) is 0 Å². The Hall–Kier alpha value is -0.860. The zero-order chi connectivity index (χ0) is 10.5. The lowest BCUT2D eigenvalue weighted by Gasteiger charge is -2.14. The van der Waals surface area contributed by atoms with Gasteiger partial charge in [0.1, 0.15) is 0 Å². The van der Waals surface area contributed by atoms with E-state index in [4.69, 9.17) is 0 Å². The number of aliphatic hydroxyl groups excluding tert-OH is 1. The standard InChI is InChI=1S/C13H19NO/c15-13-8-4-7-12(13)10-14-9-11-5-2-1-3-6-11/h1-3,5-6,12-15H,4,7-10H2/t12-,13-/m1/s1. The predicted molar refractivity (Wildman–Crippen MR) is 61.5 cm³/mol. The molecule has 15 heavy (non-hydrogen) atoms. The van der Waals surface area contributed by atoms with Gasteiger partial charge in [-0.15, -0.1) is 0 Å². The van der Waals surface area contributed by atoms with E-state index >= 15 is 0 Å². The molecule has 2 nitrogen and oxygen atoms in total. The second-order valence-electron chi connectivity index (χ2n) is 4.37.